The first-order chi connectivity index (χ1) is 12.2. The van der Waals surface area contributed by atoms with Crippen LogP contribution in [0.3, 0.4) is 0 Å². The largest absolute Gasteiger partial charge is 0.422 e. The number of aryl methyl sites for hydroxylation is 1. The number of benzene rings is 2. The van der Waals surface area contributed by atoms with Gasteiger partial charge >= 0.3 is 6.18 Å². The average molecular weight is 370 g/mol. The van der Waals surface area contributed by atoms with E-state index in [0.29, 0.717) is 12.1 Å². The SMILES string of the molecule is CCCCCc1ccc(C#Cc2cc(F)c(C(F)(F)F)c(F)c2)c(F)c1. The Morgan fingerprint density at radius 3 is 2.04 bits per heavy atom. The number of hydrogen-bond donors (Lipinski definition) is 0. The highest BCUT2D eigenvalue weighted by molar-refractivity contribution is 5.45. The molecule has 0 fully saturated rings. The molecule has 0 nitrogen and oxygen atoms in total. The van der Waals surface area contributed by atoms with Crippen molar-refractivity contribution in [3.63, 3.8) is 0 Å². The molecule has 0 aliphatic carbocycles. The van der Waals surface area contributed by atoms with Crippen LogP contribution in [0.2, 0.25) is 0 Å². The van der Waals surface area contributed by atoms with Crippen molar-refractivity contribution in [3.05, 3.63) is 70.0 Å². The first-order valence-electron chi connectivity index (χ1n) is 8.09. The molecule has 0 aliphatic heterocycles. The lowest BCUT2D eigenvalue weighted by Gasteiger charge is -2.09. The smallest absolute Gasteiger partial charge is 0.206 e. The molecule has 0 spiro atoms. The van der Waals surface area contributed by atoms with Gasteiger partial charge in [0.25, 0.3) is 0 Å². The van der Waals surface area contributed by atoms with Crippen LogP contribution in [0.1, 0.15) is 48.4 Å². The Morgan fingerprint density at radius 2 is 1.50 bits per heavy atom. The molecule has 26 heavy (non-hydrogen) atoms. The molecule has 138 valence electrons. The molecular formula is C20H16F6. The third kappa shape index (κ3) is 5.04. The third-order valence-corrected chi connectivity index (χ3v) is 3.77. The predicted octanol–water partition coefficient (Wildman–Crippen LogP) is 6.26. The van der Waals surface area contributed by atoms with Crippen molar-refractivity contribution in [2.45, 2.75) is 38.8 Å². The van der Waals surface area contributed by atoms with E-state index in [0.717, 1.165) is 31.2 Å². The second-order valence-corrected chi connectivity index (χ2v) is 5.83. The lowest BCUT2D eigenvalue weighted by molar-refractivity contribution is -0.142. The summed E-state index contributed by atoms with van der Waals surface area (Å²) in [6, 6.07) is 5.45. The first kappa shape index (κ1) is 19.9. The zero-order valence-corrected chi connectivity index (χ0v) is 14.0. The molecule has 0 N–H and O–H groups in total. The maximum absolute atomic E-state index is 14.0. The number of hydrogen-bond acceptors (Lipinski definition) is 0. The molecule has 0 heterocycles. The summed E-state index contributed by atoms with van der Waals surface area (Å²) < 4.78 is 78.6. The van der Waals surface area contributed by atoms with E-state index in [4.69, 9.17) is 0 Å². The minimum atomic E-state index is -5.14. The number of rotatable bonds is 4. The molecular weight excluding hydrogens is 354 g/mol. The topological polar surface area (TPSA) is 0 Å². The maximum Gasteiger partial charge on any atom is 0.422 e. The average Bonchev–Trinajstić information content (AvgIpc) is 2.52. The van der Waals surface area contributed by atoms with Gasteiger partial charge in [-0.25, -0.2) is 13.2 Å². The molecule has 0 saturated heterocycles. The molecule has 0 radical (unpaired) electrons. The van der Waals surface area contributed by atoms with Crippen LogP contribution in [0.4, 0.5) is 26.3 Å². The maximum atomic E-state index is 14.0. The van der Waals surface area contributed by atoms with Crippen molar-refractivity contribution in [1.82, 2.24) is 0 Å². The summed E-state index contributed by atoms with van der Waals surface area (Å²) in [5.74, 6) is 0.597. The Morgan fingerprint density at radius 1 is 0.846 bits per heavy atom. The molecule has 2 rings (SSSR count). The number of halogens is 6. The Balaban J connectivity index is 2.24. The predicted molar refractivity (Wildman–Crippen MR) is 87.0 cm³/mol. The number of unbranched alkanes of at least 4 members (excludes halogenated alkanes) is 2. The van der Waals surface area contributed by atoms with Gasteiger partial charge in [-0.3, -0.25) is 0 Å². The molecule has 2 aromatic rings. The van der Waals surface area contributed by atoms with Crippen molar-refractivity contribution in [1.29, 1.82) is 0 Å². The van der Waals surface area contributed by atoms with E-state index in [1.54, 1.807) is 6.07 Å². The Hall–Kier alpha value is -2.42. The van der Waals surface area contributed by atoms with Gasteiger partial charge in [-0.05, 0) is 42.7 Å². The van der Waals surface area contributed by atoms with E-state index in [9.17, 15) is 26.3 Å². The van der Waals surface area contributed by atoms with Gasteiger partial charge in [0.2, 0.25) is 0 Å². The summed E-state index contributed by atoms with van der Waals surface area (Å²) in [6.45, 7) is 2.06. The van der Waals surface area contributed by atoms with Crippen LogP contribution in [-0.2, 0) is 12.6 Å². The molecule has 0 saturated carbocycles. The third-order valence-electron chi connectivity index (χ3n) is 3.77. The normalized spacial score (nSPS) is 11.2. The van der Waals surface area contributed by atoms with E-state index in [2.05, 4.69) is 18.8 Å². The van der Waals surface area contributed by atoms with Gasteiger partial charge in [0.15, 0.2) is 0 Å². The molecule has 2 aromatic carbocycles. The second-order valence-electron chi connectivity index (χ2n) is 5.83. The van der Waals surface area contributed by atoms with Crippen molar-refractivity contribution >= 4 is 0 Å². The summed E-state index contributed by atoms with van der Waals surface area (Å²) in [7, 11) is 0. The van der Waals surface area contributed by atoms with Gasteiger partial charge in [-0.15, -0.1) is 0 Å². The minimum Gasteiger partial charge on any atom is -0.206 e. The van der Waals surface area contributed by atoms with Crippen LogP contribution >= 0.6 is 0 Å². The fraction of sp³-hybridized carbons (Fsp3) is 0.300. The highest BCUT2D eigenvalue weighted by atomic mass is 19.4. The van der Waals surface area contributed by atoms with E-state index >= 15 is 0 Å². The van der Waals surface area contributed by atoms with Crippen LogP contribution in [0.25, 0.3) is 0 Å². The molecule has 0 amide bonds. The highest BCUT2D eigenvalue weighted by Crippen LogP contribution is 2.33. The Labute approximate surface area is 147 Å². The fourth-order valence-electron chi connectivity index (χ4n) is 2.45. The molecule has 0 aromatic heterocycles. The van der Waals surface area contributed by atoms with Crippen LogP contribution in [-0.4, -0.2) is 0 Å². The van der Waals surface area contributed by atoms with Gasteiger partial charge in [-0.2, -0.15) is 13.2 Å². The second kappa shape index (κ2) is 8.31. The highest BCUT2D eigenvalue weighted by Gasteiger charge is 2.37. The standard InChI is InChI=1S/C20H16F6/c1-2-3-4-5-13-6-8-15(16(21)10-13)9-7-14-11-17(22)19(18(23)12-14)20(24,25)26/h6,8,10-12H,2-5H2,1H3. The summed E-state index contributed by atoms with van der Waals surface area (Å²) >= 11 is 0. The van der Waals surface area contributed by atoms with Crippen molar-refractivity contribution in [2.75, 3.05) is 0 Å². The Kier molecular flexibility index (Phi) is 6.36. The van der Waals surface area contributed by atoms with Crippen molar-refractivity contribution in [2.24, 2.45) is 0 Å². The summed E-state index contributed by atoms with van der Waals surface area (Å²) in [6.07, 6.45) is -1.39. The zero-order chi connectivity index (χ0) is 19.3. The first-order valence-corrected chi connectivity index (χ1v) is 8.09. The fourth-order valence-corrected chi connectivity index (χ4v) is 2.45. The molecule has 0 bridgehead atoms. The van der Waals surface area contributed by atoms with Crippen LogP contribution in [0.5, 0.6) is 0 Å². The quantitative estimate of drug-likeness (QED) is 0.339. The summed E-state index contributed by atoms with van der Waals surface area (Å²) in [5.41, 5.74) is -1.46. The minimum absolute atomic E-state index is 0.00459. The molecule has 0 unspecified atom stereocenters. The van der Waals surface area contributed by atoms with Crippen LogP contribution < -0.4 is 0 Å². The molecule has 6 heteroatoms. The lowest BCUT2D eigenvalue weighted by Crippen LogP contribution is -2.11. The van der Waals surface area contributed by atoms with Crippen molar-refractivity contribution < 1.29 is 26.3 Å². The lowest BCUT2D eigenvalue weighted by atomic mass is 10.0. The van der Waals surface area contributed by atoms with Crippen LogP contribution in [0.15, 0.2) is 30.3 Å². The molecule has 0 aliphatic rings. The summed E-state index contributed by atoms with van der Waals surface area (Å²) in [5, 5.41) is 0. The number of alkyl halides is 3. The van der Waals surface area contributed by atoms with Gasteiger partial charge in [-0.1, -0.05) is 37.7 Å². The zero-order valence-electron chi connectivity index (χ0n) is 14.0. The van der Waals surface area contributed by atoms with E-state index in [1.165, 1.54) is 12.1 Å². The van der Waals surface area contributed by atoms with Gasteiger partial charge in [0.1, 0.15) is 23.0 Å². The Bertz CT molecular complexity index is 817. The monoisotopic (exact) mass is 370 g/mol. The van der Waals surface area contributed by atoms with E-state index in [1.807, 2.05) is 0 Å². The van der Waals surface area contributed by atoms with Gasteiger partial charge in [0, 0.05) is 5.56 Å². The molecule has 0 atom stereocenters. The van der Waals surface area contributed by atoms with Crippen LogP contribution in [0, 0.1) is 29.3 Å². The summed E-state index contributed by atoms with van der Waals surface area (Å²) in [4.78, 5) is 0. The van der Waals surface area contributed by atoms with Gasteiger partial charge < -0.3 is 0 Å². The van der Waals surface area contributed by atoms with Crippen molar-refractivity contribution in [3.8, 4) is 11.8 Å². The van der Waals surface area contributed by atoms with E-state index in [-0.39, 0.29) is 11.1 Å². The van der Waals surface area contributed by atoms with E-state index < -0.39 is 29.2 Å². The van der Waals surface area contributed by atoms with Gasteiger partial charge in [0.05, 0.1) is 5.56 Å².